The highest BCUT2D eigenvalue weighted by Crippen LogP contribution is 2.29. The molecule has 0 aliphatic carbocycles. The summed E-state index contributed by atoms with van der Waals surface area (Å²) in [7, 11) is -0.266. The fourth-order valence-corrected chi connectivity index (χ4v) is 6.39. The maximum absolute atomic E-state index is 14.3. The molecule has 13 heteroatoms. The second-order valence-electron chi connectivity index (χ2n) is 12.0. The SMILES string of the molecule is C[C@@H]1CCCCO[C@@H](CN(C)Cc2ccncc2)[C@H](C)CN([C@H](C)CO)C(=O)c2cc(NS(=O)(=O)c3cn(C)cn3)ccc2O1. The number of imidazole rings is 1. The van der Waals surface area contributed by atoms with E-state index in [0.29, 0.717) is 25.4 Å². The zero-order valence-corrected chi connectivity index (χ0v) is 27.6. The summed E-state index contributed by atoms with van der Waals surface area (Å²) in [6.45, 7) is 7.82. The zero-order chi connectivity index (χ0) is 32.6. The van der Waals surface area contributed by atoms with E-state index in [4.69, 9.17) is 9.47 Å². The number of anilines is 1. The molecule has 246 valence electrons. The largest absolute Gasteiger partial charge is 0.490 e. The van der Waals surface area contributed by atoms with Crippen LogP contribution in [0.5, 0.6) is 5.75 Å². The molecule has 1 aromatic carbocycles. The van der Waals surface area contributed by atoms with E-state index in [-0.39, 0.29) is 46.9 Å². The number of aliphatic hydroxyl groups is 1. The number of benzene rings is 1. The molecule has 2 aromatic heterocycles. The highest BCUT2D eigenvalue weighted by Gasteiger charge is 2.31. The van der Waals surface area contributed by atoms with Gasteiger partial charge in [-0.05, 0) is 76.1 Å². The molecule has 0 spiro atoms. The number of amides is 1. The lowest BCUT2D eigenvalue weighted by molar-refractivity contribution is -0.0177. The van der Waals surface area contributed by atoms with Crippen LogP contribution in [0, 0.1) is 5.92 Å². The Morgan fingerprint density at radius 1 is 1.18 bits per heavy atom. The number of aromatic nitrogens is 3. The molecule has 4 rings (SSSR count). The van der Waals surface area contributed by atoms with Crippen LogP contribution in [0.25, 0.3) is 0 Å². The standard InChI is InChI=1S/C32H46N6O6S/c1-23-17-38(24(2)21-39)32(40)28-16-27(35-45(41,42)31-20-37(5)22-34-31)9-10-29(28)44-25(3)8-6-7-15-43-30(23)19-36(4)18-26-11-13-33-14-12-26/h9-14,16,20,22-25,30,35,39H,6-8,15,17-19,21H2,1-5H3/t23-,24-,25-,30+/m1/s1. The van der Waals surface area contributed by atoms with E-state index in [1.807, 2.05) is 26.1 Å². The van der Waals surface area contributed by atoms with Crippen molar-refractivity contribution >= 4 is 21.6 Å². The average Bonchev–Trinajstić information content (AvgIpc) is 3.46. The summed E-state index contributed by atoms with van der Waals surface area (Å²) in [6, 6.07) is 8.16. The highest BCUT2D eigenvalue weighted by molar-refractivity contribution is 7.92. The van der Waals surface area contributed by atoms with Crippen molar-refractivity contribution in [3.05, 3.63) is 66.4 Å². The van der Waals surface area contributed by atoms with Crippen molar-refractivity contribution in [3.8, 4) is 5.75 Å². The van der Waals surface area contributed by atoms with Crippen LogP contribution in [-0.4, -0.2) is 95.4 Å². The number of nitrogens with one attached hydrogen (secondary N) is 1. The first-order valence-corrected chi connectivity index (χ1v) is 16.9. The number of fused-ring (bicyclic) bond motifs is 1. The van der Waals surface area contributed by atoms with E-state index in [2.05, 4.69) is 26.5 Å². The van der Waals surface area contributed by atoms with Gasteiger partial charge in [0.25, 0.3) is 15.9 Å². The lowest BCUT2D eigenvalue weighted by atomic mass is 10.0. The summed E-state index contributed by atoms with van der Waals surface area (Å²) >= 11 is 0. The van der Waals surface area contributed by atoms with Gasteiger partial charge >= 0.3 is 0 Å². The van der Waals surface area contributed by atoms with E-state index in [0.717, 1.165) is 31.4 Å². The predicted molar refractivity (Wildman–Crippen MR) is 171 cm³/mol. The molecule has 1 aliphatic rings. The van der Waals surface area contributed by atoms with Gasteiger partial charge in [-0.25, -0.2) is 4.98 Å². The summed E-state index contributed by atoms with van der Waals surface area (Å²) in [5, 5.41) is 10.1. The summed E-state index contributed by atoms with van der Waals surface area (Å²) in [5.74, 6) is -0.0941. The molecule has 3 aromatic rings. The molecule has 0 radical (unpaired) electrons. The summed E-state index contributed by atoms with van der Waals surface area (Å²) in [4.78, 5) is 26.2. The van der Waals surface area contributed by atoms with Crippen molar-refractivity contribution in [2.75, 3.05) is 38.1 Å². The Morgan fingerprint density at radius 2 is 1.93 bits per heavy atom. The van der Waals surface area contributed by atoms with Crippen LogP contribution in [-0.2, 0) is 28.4 Å². The number of carbonyl (C=O) groups is 1. The van der Waals surface area contributed by atoms with Crippen LogP contribution < -0.4 is 9.46 Å². The minimum atomic E-state index is -3.99. The topological polar surface area (TPSA) is 139 Å². The molecule has 3 heterocycles. The molecular weight excluding hydrogens is 596 g/mol. The Bertz CT molecular complexity index is 1500. The average molecular weight is 643 g/mol. The smallest absolute Gasteiger partial charge is 0.280 e. The van der Waals surface area contributed by atoms with Gasteiger partial charge in [-0.3, -0.25) is 19.4 Å². The van der Waals surface area contributed by atoms with Crippen molar-refractivity contribution in [2.24, 2.45) is 13.0 Å². The van der Waals surface area contributed by atoms with Gasteiger partial charge in [-0.15, -0.1) is 0 Å². The number of nitrogens with zero attached hydrogens (tertiary/aromatic N) is 5. The predicted octanol–water partition coefficient (Wildman–Crippen LogP) is 3.54. The van der Waals surface area contributed by atoms with E-state index in [1.54, 1.807) is 48.0 Å². The van der Waals surface area contributed by atoms with Crippen LogP contribution in [0.15, 0.2) is 60.3 Å². The van der Waals surface area contributed by atoms with E-state index < -0.39 is 16.1 Å². The minimum absolute atomic E-state index is 0.0834. The maximum Gasteiger partial charge on any atom is 0.280 e. The Labute approximate surface area is 266 Å². The Morgan fingerprint density at radius 3 is 2.62 bits per heavy atom. The number of pyridine rings is 1. The van der Waals surface area contributed by atoms with Crippen LogP contribution >= 0.6 is 0 Å². The van der Waals surface area contributed by atoms with E-state index in [9.17, 15) is 18.3 Å². The molecule has 1 amide bonds. The van der Waals surface area contributed by atoms with Gasteiger partial charge in [-0.2, -0.15) is 8.42 Å². The number of aryl methyl sites for hydroxylation is 1. The number of aliphatic hydroxyl groups excluding tert-OH is 1. The Hall–Kier alpha value is -3.52. The number of hydrogen-bond donors (Lipinski definition) is 2. The van der Waals surface area contributed by atoms with Crippen LogP contribution in [0.3, 0.4) is 0 Å². The number of hydrogen-bond acceptors (Lipinski definition) is 9. The molecule has 0 unspecified atom stereocenters. The molecule has 0 saturated carbocycles. The number of sulfonamides is 1. The fraction of sp³-hybridized carbons (Fsp3) is 0.531. The van der Waals surface area contributed by atoms with Crippen LogP contribution in [0.2, 0.25) is 0 Å². The third-order valence-corrected chi connectivity index (χ3v) is 9.22. The molecule has 2 N–H and O–H groups in total. The van der Waals surface area contributed by atoms with E-state index >= 15 is 0 Å². The molecule has 0 saturated heterocycles. The molecule has 1 aliphatic heterocycles. The normalized spacial score (nSPS) is 21.1. The van der Waals surface area contributed by atoms with Crippen molar-refractivity contribution < 1.29 is 27.8 Å². The lowest BCUT2D eigenvalue weighted by Gasteiger charge is -2.36. The van der Waals surface area contributed by atoms with Crippen LogP contribution in [0.1, 0.15) is 56.0 Å². The minimum Gasteiger partial charge on any atom is -0.490 e. The van der Waals surface area contributed by atoms with Gasteiger partial charge in [0, 0.05) is 63.5 Å². The molecule has 4 atom stereocenters. The van der Waals surface area contributed by atoms with Crippen molar-refractivity contribution in [3.63, 3.8) is 0 Å². The van der Waals surface area contributed by atoms with Gasteiger partial charge in [0.05, 0.1) is 36.7 Å². The number of rotatable bonds is 9. The Kier molecular flexibility index (Phi) is 12.0. The molecule has 45 heavy (non-hydrogen) atoms. The van der Waals surface area contributed by atoms with Gasteiger partial charge in [0.2, 0.25) is 0 Å². The van der Waals surface area contributed by atoms with Gasteiger partial charge in [0.15, 0.2) is 5.03 Å². The first-order chi connectivity index (χ1) is 21.5. The fourth-order valence-electron chi connectivity index (χ4n) is 5.36. The second-order valence-corrected chi connectivity index (χ2v) is 13.7. The first kappa shape index (κ1) is 34.4. The zero-order valence-electron chi connectivity index (χ0n) is 26.8. The summed E-state index contributed by atoms with van der Waals surface area (Å²) < 4.78 is 42.8. The lowest BCUT2D eigenvalue weighted by Crippen LogP contribution is -2.47. The maximum atomic E-state index is 14.3. The molecule has 12 nitrogen and oxygen atoms in total. The monoisotopic (exact) mass is 642 g/mol. The van der Waals surface area contributed by atoms with Gasteiger partial charge < -0.3 is 24.0 Å². The van der Waals surface area contributed by atoms with Gasteiger partial charge in [-0.1, -0.05) is 6.92 Å². The number of ether oxygens (including phenoxy) is 2. The number of carbonyl (C=O) groups excluding carboxylic acids is 1. The van der Waals surface area contributed by atoms with Gasteiger partial charge in [0.1, 0.15) is 5.75 Å². The number of likely N-dealkylation sites (N-methyl/N-ethyl adjacent to an activating group) is 1. The third kappa shape index (κ3) is 9.49. The molecule has 0 bridgehead atoms. The third-order valence-electron chi connectivity index (χ3n) is 7.95. The van der Waals surface area contributed by atoms with Crippen molar-refractivity contribution in [1.82, 2.24) is 24.3 Å². The van der Waals surface area contributed by atoms with Crippen molar-refractivity contribution in [2.45, 2.75) is 69.9 Å². The second kappa shape index (κ2) is 15.7. The van der Waals surface area contributed by atoms with Crippen molar-refractivity contribution in [1.29, 1.82) is 0 Å². The first-order valence-electron chi connectivity index (χ1n) is 15.4. The summed E-state index contributed by atoms with van der Waals surface area (Å²) in [5.41, 5.74) is 1.56. The molecular formula is C32H46N6O6S. The highest BCUT2D eigenvalue weighted by atomic mass is 32.2. The van der Waals surface area contributed by atoms with E-state index in [1.165, 1.54) is 18.6 Å². The molecule has 0 fully saturated rings. The van der Waals surface area contributed by atoms with Crippen LogP contribution in [0.4, 0.5) is 5.69 Å². The quantitative estimate of drug-likeness (QED) is 0.359. The summed E-state index contributed by atoms with van der Waals surface area (Å²) in [6.07, 6.45) is 8.49. The Balaban J connectivity index is 1.64.